The topological polar surface area (TPSA) is 106 Å². The molecule has 0 saturated carbocycles. The summed E-state index contributed by atoms with van der Waals surface area (Å²) >= 11 is 6.60. The molecule has 2 aromatic carbocycles. The second-order valence-corrected chi connectivity index (χ2v) is 9.99. The predicted molar refractivity (Wildman–Crippen MR) is 138 cm³/mol. The van der Waals surface area contributed by atoms with Gasteiger partial charge in [0.25, 0.3) is 0 Å². The zero-order chi connectivity index (χ0) is 24.7. The molecule has 1 aromatic heterocycles. The molecule has 35 heavy (non-hydrogen) atoms. The maximum Gasteiger partial charge on any atom is 0.227 e. The molecular formula is C26H27ClN6O2. The van der Waals surface area contributed by atoms with Gasteiger partial charge in [0.1, 0.15) is 11.8 Å². The van der Waals surface area contributed by atoms with Gasteiger partial charge in [0, 0.05) is 42.9 Å². The lowest BCUT2D eigenvalue weighted by Gasteiger charge is -2.21. The van der Waals surface area contributed by atoms with Crippen molar-refractivity contribution in [3.05, 3.63) is 52.7 Å². The van der Waals surface area contributed by atoms with Gasteiger partial charge in [-0.25, -0.2) is 9.97 Å². The molecule has 0 aliphatic carbocycles. The summed E-state index contributed by atoms with van der Waals surface area (Å²) in [6.45, 7) is 6.38. The van der Waals surface area contributed by atoms with E-state index in [1.54, 1.807) is 19.4 Å². The van der Waals surface area contributed by atoms with Gasteiger partial charge in [-0.15, -0.1) is 0 Å². The maximum absolute atomic E-state index is 9.89. The summed E-state index contributed by atoms with van der Waals surface area (Å²) in [7, 11) is 1.60. The Hall–Kier alpha value is -3.54. The zero-order valence-electron chi connectivity index (χ0n) is 19.9. The number of benzene rings is 2. The Labute approximate surface area is 209 Å². The van der Waals surface area contributed by atoms with Crippen molar-refractivity contribution in [3.8, 4) is 23.1 Å². The first-order valence-corrected chi connectivity index (χ1v) is 11.9. The fourth-order valence-electron chi connectivity index (χ4n) is 4.72. The van der Waals surface area contributed by atoms with Crippen molar-refractivity contribution < 1.29 is 9.84 Å². The van der Waals surface area contributed by atoms with E-state index in [-0.39, 0.29) is 11.5 Å². The Morgan fingerprint density at radius 1 is 1.31 bits per heavy atom. The van der Waals surface area contributed by atoms with E-state index in [1.807, 2.05) is 23.1 Å². The van der Waals surface area contributed by atoms with Gasteiger partial charge in [-0.05, 0) is 36.2 Å². The summed E-state index contributed by atoms with van der Waals surface area (Å²) in [6, 6.07) is 11.7. The van der Waals surface area contributed by atoms with Crippen LogP contribution in [-0.2, 0) is 5.41 Å². The first-order chi connectivity index (χ1) is 16.8. The van der Waals surface area contributed by atoms with Crippen LogP contribution in [0.3, 0.4) is 0 Å². The highest BCUT2D eigenvalue weighted by atomic mass is 35.5. The molecule has 3 heterocycles. The minimum Gasteiger partial charge on any atom is -0.494 e. The van der Waals surface area contributed by atoms with Crippen molar-refractivity contribution in [2.75, 3.05) is 42.3 Å². The Balaban J connectivity index is 1.47. The van der Waals surface area contributed by atoms with Crippen molar-refractivity contribution in [1.82, 2.24) is 9.97 Å². The van der Waals surface area contributed by atoms with E-state index < -0.39 is 0 Å². The maximum atomic E-state index is 9.89. The molecule has 1 saturated heterocycles. The summed E-state index contributed by atoms with van der Waals surface area (Å²) in [5, 5.41) is 26.7. The van der Waals surface area contributed by atoms with E-state index in [2.05, 4.69) is 41.6 Å². The molecule has 1 fully saturated rings. The lowest BCUT2D eigenvalue weighted by molar-refractivity contribution is 0.198. The third-order valence-electron chi connectivity index (χ3n) is 6.67. The molecule has 0 radical (unpaired) electrons. The minimum atomic E-state index is -0.354. The summed E-state index contributed by atoms with van der Waals surface area (Å²) in [6.07, 6.45) is 2.04. The van der Waals surface area contributed by atoms with Crippen LogP contribution in [0.1, 0.15) is 31.4 Å². The Kier molecular flexibility index (Phi) is 5.91. The van der Waals surface area contributed by atoms with Crippen molar-refractivity contribution >= 4 is 34.6 Å². The highest BCUT2D eigenvalue weighted by Crippen LogP contribution is 2.41. The number of nitriles is 1. The van der Waals surface area contributed by atoms with Crippen LogP contribution in [-0.4, -0.2) is 47.9 Å². The van der Waals surface area contributed by atoms with Gasteiger partial charge in [-0.1, -0.05) is 25.4 Å². The Bertz CT molecular complexity index is 1340. The first kappa shape index (κ1) is 23.2. The number of aromatic nitrogens is 2. The summed E-state index contributed by atoms with van der Waals surface area (Å²) in [5.41, 5.74) is 5.55. The average Bonchev–Trinajstić information content (AvgIpc) is 3.41. The van der Waals surface area contributed by atoms with Crippen LogP contribution in [0.5, 0.6) is 5.75 Å². The molecule has 8 nitrogen and oxygen atoms in total. The van der Waals surface area contributed by atoms with Gasteiger partial charge in [0.2, 0.25) is 5.95 Å². The van der Waals surface area contributed by atoms with E-state index in [4.69, 9.17) is 21.3 Å². The molecule has 180 valence electrons. The number of aliphatic hydroxyl groups excluding tert-OH is 1. The number of fused-ring (bicyclic) bond motifs is 1. The summed E-state index contributed by atoms with van der Waals surface area (Å²) in [5.74, 6) is 0.981. The van der Waals surface area contributed by atoms with Gasteiger partial charge in [-0.3, -0.25) is 0 Å². The molecule has 9 heteroatoms. The second kappa shape index (κ2) is 8.91. The summed E-state index contributed by atoms with van der Waals surface area (Å²) < 4.78 is 5.61. The van der Waals surface area contributed by atoms with Gasteiger partial charge < -0.3 is 25.4 Å². The number of nitrogens with one attached hydrogen (secondary N) is 2. The van der Waals surface area contributed by atoms with Crippen LogP contribution in [0.2, 0.25) is 5.02 Å². The fourth-order valence-corrected chi connectivity index (χ4v) is 5.00. The normalized spacial score (nSPS) is 18.1. The minimum absolute atomic E-state index is 0.0811. The van der Waals surface area contributed by atoms with Gasteiger partial charge in [0.15, 0.2) is 0 Å². The Morgan fingerprint density at radius 2 is 2.14 bits per heavy atom. The molecule has 3 N–H and O–H groups in total. The van der Waals surface area contributed by atoms with Crippen molar-refractivity contribution in [2.24, 2.45) is 0 Å². The number of β-amino-alcohol motifs (C(OH)–C–C–N with tert-alkyl or cyclic N) is 1. The van der Waals surface area contributed by atoms with Gasteiger partial charge in [0.05, 0.1) is 46.6 Å². The molecule has 2 aliphatic rings. The van der Waals surface area contributed by atoms with Crippen molar-refractivity contribution in [1.29, 1.82) is 5.26 Å². The number of ether oxygens (including phenoxy) is 1. The molecule has 0 amide bonds. The first-order valence-electron chi connectivity index (χ1n) is 11.5. The lowest BCUT2D eigenvalue weighted by Crippen LogP contribution is -2.21. The van der Waals surface area contributed by atoms with Gasteiger partial charge in [-0.2, -0.15) is 5.26 Å². The van der Waals surface area contributed by atoms with Crippen molar-refractivity contribution in [2.45, 2.75) is 31.8 Å². The molecule has 3 aromatic rings. The van der Waals surface area contributed by atoms with Crippen LogP contribution in [0.4, 0.5) is 23.0 Å². The van der Waals surface area contributed by atoms with Crippen LogP contribution in [0.15, 0.2) is 36.5 Å². The highest BCUT2D eigenvalue weighted by Gasteiger charge is 2.32. The number of nitrogens with zero attached hydrogens (tertiary/aromatic N) is 4. The smallest absolute Gasteiger partial charge is 0.227 e. The van der Waals surface area contributed by atoms with E-state index in [1.165, 1.54) is 0 Å². The third kappa shape index (κ3) is 4.33. The monoisotopic (exact) mass is 490 g/mol. The van der Waals surface area contributed by atoms with E-state index in [0.717, 1.165) is 35.6 Å². The zero-order valence-corrected chi connectivity index (χ0v) is 20.6. The molecular weight excluding hydrogens is 464 g/mol. The second-order valence-electron chi connectivity index (χ2n) is 9.58. The molecule has 5 rings (SSSR count). The van der Waals surface area contributed by atoms with Crippen molar-refractivity contribution in [3.63, 3.8) is 0 Å². The molecule has 0 bridgehead atoms. The molecule has 2 aliphatic heterocycles. The number of hydrogen-bond donors (Lipinski definition) is 3. The summed E-state index contributed by atoms with van der Waals surface area (Å²) in [4.78, 5) is 11.1. The van der Waals surface area contributed by atoms with Crippen LogP contribution >= 0.6 is 11.6 Å². The third-order valence-corrected chi connectivity index (χ3v) is 6.97. The number of anilines is 4. The van der Waals surface area contributed by atoms with Crippen LogP contribution in [0, 0.1) is 11.3 Å². The number of hydrogen-bond acceptors (Lipinski definition) is 8. The molecule has 1 unspecified atom stereocenters. The van der Waals surface area contributed by atoms with E-state index in [9.17, 15) is 10.4 Å². The number of halogens is 1. The molecule has 1 atom stereocenters. The fraction of sp³-hybridized carbons (Fsp3) is 0.346. The largest absolute Gasteiger partial charge is 0.494 e. The van der Waals surface area contributed by atoms with E-state index in [0.29, 0.717) is 46.6 Å². The van der Waals surface area contributed by atoms with Crippen LogP contribution < -0.4 is 20.3 Å². The van der Waals surface area contributed by atoms with E-state index >= 15 is 0 Å². The number of aliphatic hydroxyl groups is 1. The van der Waals surface area contributed by atoms with Gasteiger partial charge >= 0.3 is 0 Å². The predicted octanol–water partition coefficient (Wildman–Crippen LogP) is 4.69. The standard InChI is InChI=1S/C26H27ClN6O2/c1-26(2)14-30-24-16(12-28)8-15(9-18(24)26)20-4-6-29-25(31-20)32-21-10-19(27)22(11-23(21)35-3)33-7-5-17(34)13-33/h4,6,8-11,17,30,34H,5,7,13-14H2,1-3H3,(H,29,31,32). The quantitative estimate of drug-likeness (QED) is 0.472. The molecule has 0 spiro atoms. The SMILES string of the molecule is COc1cc(N2CCC(O)C2)c(Cl)cc1Nc1nccc(-c2cc(C#N)c3c(c2)C(C)(C)CN3)n1. The number of methoxy groups -OCH3 is 1. The lowest BCUT2D eigenvalue weighted by atomic mass is 9.85. The Morgan fingerprint density at radius 3 is 2.86 bits per heavy atom. The van der Waals surface area contributed by atoms with Crippen LogP contribution in [0.25, 0.3) is 11.3 Å². The highest BCUT2D eigenvalue weighted by molar-refractivity contribution is 6.33. The number of rotatable bonds is 5. The average molecular weight is 491 g/mol.